The molecule has 2 aromatic rings. The first-order valence-corrected chi connectivity index (χ1v) is 7.48. The van der Waals surface area contributed by atoms with Crippen LogP contribution in [0.4, 0.5) is 5.69 Å². The number of pyridine rings is 1. The van der Waals surface area contributed by atoms with E-state index in [2.05, 4.69) is 15.3 Å². The van der Waals surface area contributed by atoms with Crippen LogP contribution in [0.15, 0.2) is 30.7 Å². The van der Waals surface area contributed by atoms with Gasteiger partial charge in [0.25, 0.3) is 0 Å². The molecule has 5 heteroatoms. The van der Waals surface area contributed by atoms with Gasteiger partial charge < -0.3 is 5.32 Å². The van der Waals surface area contributed by atoms with Crippen molar-refractivity contribution in [3.05, 3.63) is 36.5 Å². The zero-order chi connectivity index (χ0) is 14.4. The number of hydrogen-bond donors (Lipinski definition) is 1. The van der Waals surface area contributed by atoms with Gasteiger partial charge in [-0.25, -0.2) is 9.97 Å². The molecule has 5 nitrogen and oxygen atoms in total. The second-order valence-corrected chi connectivity index (χ2v) is 6.16. The first-order chi connectivity index (χ1) is 10.2. The van der Waals surface area contributed by atoms with Gasteiger partial charge in [-0.15, -0.1) is 0 Å². The van der Waals surface area contributed by atoms with Crippen LogP contribution in [0.1, 0.15) is 25.1 Å². The van der Waals surface area contributed by atoms with Crippen LogP contribution in [-0.4, -0.2) is 20.4 Å². The largest absolute Gasteiger partial charge is 0.324 e. The molecule has 0 radical (unpaired) electrons. The molecule has 1 amide bonds. The smallest absolute Gasteiger partial charge is 0.227 e. The zero-order valence-electron chi connectivity index (χ0n) is 12.0. The number of carbonyl (C=O) groups is 1. The quantitative estimate of drug-likeness (QED) is 0.941. The van der Waals surface area contributed by atoms with Gasteiger partial charge in [-0.3, -0.25) is 9.36 Å². The second kappa shape index (κ2) is 4.69. The van der Waals surface area contributed by atoms with E-state index >= 15 is 0 Å². The predicted octanol–water partition coefficient (Wildman–Crippen LogP) is 2.56. The summed E-state index contributed by atoms with van der Waals surface area (Å²) >= 11 is 0. The van der Waals surface area contributed by atoms with Crippen molar-refractivity contribution in [3.63, 3.8) is 0 Å². The third kappa shape index (κ3) is 2.33. The lowest BCUT2D eigenvalue weighted by Crippen LogP contribution is -2.21. The lowest BCUT2D eigenvalue weighted by Gasteiger charge is -2.12. The van der Waals surface area contributed by atoms with Gasteiger partial charge in [-0.1, -0.05) is 0 Å². The van der Waals surface area contributed by atoms with Crippen molar-refractivity contribution in [1.82, 2.24) is 14.5 Å². The Morgan fingerprint density at radius 1 is 1.24 bits per heavy atom. The predicted molar refractivity (Wildman–Crippen MR) is 79.0 cm³/mol. The number of hydrogen-bond acceptors (Lipinski definition) is 3. The number of amides is 1. The van der Waals surface area contributed by atoms with Crippen LogP contribution in [0.3, 0.4) is 0 Å². The summed E-state index contributed by atoms with van der Waals surface area (Å²) in [7, 11) is 0. The van der Waals surface area contributed by atoms with Gasteiger partial charge in [0.05, 0.1) is 11.9 Å². The Bertz CT molecular complexity index is 666. The van der Waals surface area contributed by atoms with Gasteiger partial charge >= 0.3 is 0 Å². The molecule has 0 spiro atoms. The molecule has 0 bridgehead atoms. The third-order valence-electron chi connectivity index (χ3n) is 4.70. The summed E-state index contributed by atoms with van der Waals surface area (Å²) in [6.07, 6.45) is 8.80. The monoisotopic (exact) mass is 282 g/mol. The summed E-state index contributed by atoms with van der Waals surface area (Å²) < 4.78 is 1.91. The van der Waals surface area contributed by atoms with E-state index in [4.69, 9.17) is 0 Å². The van der Waals surface area contributed by atoms with Crippen LogP contribution in [0, 0.1) is 24.7 Å². The molecule has 2 aliphatic carbocycles. The van der Waals surface area contributed by atoms with Crippen molar-refractivity contribution in [1.29, 1.82) is 0 Å². The Morgan fingerprint density at radius 2 is 2.05 bits per heavy atom. The summed E-state index contributed by atoms with van der Waals surface area (Å²) in [5, 5.41) is 2.99. The summed E-state index contributed by atoms with van der Waals surface area (Å²) in [5.74, 6) is 3.70. The lowest BCUT2D eigenvalue weighted by atomic mass is 10.0. The molecule has 108 valence electrons. The van der Waals surface area contributed by atoms with Crippen LogP contribution in [0.2, 0.25) is 0 Å². The Hall–Kier alpha value is -2.17. The maximum Gasteiger partial charge on any atom is 0.227 e. The first kappa shape index (κ1) is 12.6. The normalized spacial score (nSPS) is 26.4. The van der Waals surface area contributed by atoms with E-state index in [9.17, 15) is 4.79 Å². The molecule has 0 aromatic carbocycles. The molecule has 21 heavy (non-hydrogen) atoms. The van der Waals surface area contributed by atoms with E-state index in [0.717, 1.165) is 42.0 Å². The Balaban J connectivity index is 1.44. The van der Waals surface area contributed by atoms with Crippen molar-refractivity contribution in [3.8, 4) is 5.82 Å². The molecular weight excluding hydrogens is 264 g/mol. The molecule has 1 N–H and O–H groups in total. The molecular formula is C16H18N4O. The van der Waals surface area contributed by atoms with Crippen molar-refractivity contribution < 1.29 is 4.79 Å². The highest BCUT2D eigenvalue weighted by molar-refractivity contribution is 5.92. The maximum absolute atomic E-state index is 12.2. The first-order valence-electron chi connectivity index (χ1n) is 7.48. The fourth-order valence-corrected chi connectivity index (χ4v) is 3.40. The second-order valence-electron chi connectivity index (χ2n) is 6.16. The number of aromatic nitrogens is 3. The molecule has 0 saturated heterocycles. The number of nitrogens with zero attached hydrogens (tertiary/aromatic N) is 3. The number of carbonyl (C=O) groups excluding carboxylic acids is 1. The standard InChI is InChI=1S/C16H18N4O/c1-10-17-4-5-20(10)15-3-2-14(9-18-15)19-16(21)13-7-11-6-12(11)8-13/h2-5,9,11-13H,6-8H2,1H3,(H,19,21). The molecule has 2 fully saturated rings. The number of imidazole rings is 1. The Morgan fingerprint density at radius 3 is 2.67 bits per heavy atom. The van der Waals surface area contributed by atoms with Gasteiger partial charge in [0, 0.05) is 18.3 Å². The van der Waals surface area contributed by atoms with Gasteiger partial charge in [0.15, 0.2) is 0 Å². The minimum absolute atomic E-state index is 0.149. The molecule has 2 heterocycles. The van der Waals surface area contributed by atoms with E-state index in [1.165, 1.54) is 6.42 Å². The number of nitrogens with one attached hydrogen (secondary N) is 1. The van der Waals surface area contributed by atoms with Gasteiger partial charge in [-0.05, 0) is 50.2 Å². The topological polar surface area (TPSA) is 59.8 Å². The lowest BCUT2D eigenvalue weighted by molar-refractivity contribution is -0.120. The van der Waals surface area contributed by atoms with Crippen LogP contribution < -0.4 is 5.32 Å². The summed E-state index contributed by atoms with van der Waals surface area (Å²) in [6.45, 7) is 1.93. The molecule has 2 atom stereocenters. The average Bonchev–Trinajstić information content (AvgIpc) is 2.89. The summed E-state index contributed by atoms with van der Waals surface area (Å²) in [5.41, 5.74) is 0.766. The molecule has 0 aliphatic heterocycles. The number of rotatable bonds is 3. The Labute approximate surface area is 123 Å². The highest BCUT2D eigenvalue weighted by Crippen LogP contribution is 2.54. The van der Waals surface area contributed by atoms with Crippen molar-refractivity contribution in [2.75, 3.05) is 5.32 Å². The molecule has 2 aromatic heterocycles. The molecule has 2 unspecified atom stereocenters. The maximum atomic E-state index is 12.2. The number of fused-ring (bicyclic) bond motifs is 1. The van der Waals surface area contributed by atoms with Crippen LogP contribution in [0.5, 0.6) is 0 Å². The zero-order valence-corrected chi connectivity index (χ0v) is 12.0. The van der Waals surface area contributed by atoms with E-state index in [1.807, 2.05) is 29.8 Å². The minimum Gasteiger partial charge on any atom is -0.324 e. The highest BCUT2D eigenvalue weighted by Gasteiger charge is 2.47. The van der Waals surface area contributed by atoms with Gasteiger partial charge in [-0.2, -0.15) is 0 Å². The molecule has 2 aliphatic rings. The van der Waals surface area contributed by atoms with Crippen LogP contribution >= 0.6 is 0 Å². The Kier molecular flexibility index (Phi) is 2.80. The van der Waals surface area contributed by atoms with E-state index in [0.29, 0.717) is 0 Å². The fourth-order valence-electron chi connectivity index (χ4n) is 3.40. The van der Waals surface area contributed by atoms with Crippen molar-refractivity contribution >= 4 is 11.6 Å². The van der Waals surface area contributed by atoms with E-state index < -0.39 is 0 Å². The van der Waals surface area contributed by atoms with Gasteiger partial charge in [0.1, 0.15) is 11.6 Å². The number of anilines is 1. The van der Waals surface area contributed by atoms with E-state index in [-0.39, 0.29) is 11.8 Å². The fraction of sp³-hybridized carbons (Fsp3) is 0.438. The van der Waals surface area contributed by atoms with Crippen molar-refractivity contribution in [2.24, 2.45) is 17.8 Å². The van der Waals surface area contributed by atoms with Gasteiger partial charge in [0.2, 0.25) is 5.91 Å². The number of aryl methyl sites for hydroxylation is 1. The summed E-state index contributed by atoms with van der Waals surface area (Å²) in [4.78, 5) is 20.8. The SMILES string of the molecule is Cc1nccn1-c1ccc(NC(=O)C2CC3CC3C2)cn1. The van der Waals surface area contributed by atoms with Crippen LogP contribution in [0.25, 0.3) is 5.82 Å². The third-order valence-corrected chi connectivity index (χ3v) is 4.70. The highest BCUT2D eigenvalue weighted by atomic mass is 16.1. The minimum atomic E-state index is 0.149. The molecule has 4 rings (SSSR count). The van der Waals surface area contributed by atoms with Crippen LogP contribution in [-0.2, 0) is 4.79 Å². The van der Waals surface area contributed by atoms with Crippen molar-refractivity contribution in [2.45, 2.75) is 26.2 Å². The van der Waals surface area contributed by atoms with E-state index in [1.54, 1.807) is 12.4 Å². The molecule has 2 saturated carbocycles. The summed E-state index contributed by atoms with van der Waals surface area (Å²) in [6, 6.07) is 3.80. The average molecular weight is 282 g/mol.